The first-order valence-corrected chi connectivity index (χ1v) is 8.59. The lowest BCUT2D eigenvalue weighted by Gasteiger charge is -2.14. The SMILES string of the molecule is C#Cc1cc(C(=O)N[C@@H](C)COCCOCCOCCOC)cc(C#C)n1. The van der Waals surface area contributed by atoms with Gasteiger partial charge < -0.3 is 24.3 Å². The van der Waals surface area contributed by atoms with E-state index in [1.54, 1.807) is 7.11 Å². The molecule has 1 amide bonds. The number of nitrogens with one attached hydrogen (secondary N) is 1. The lowest BCUT2D eigenvalue weighted by atomic mass is 10.1. The van der Waals surface area contributed by atoms with Gasteiger partial charge in [0, 0.05) is 18.7 Å². The number of ether oxygens (including phenoxy) is 4. The molecule has 0 spiro atoms. The van der Waals surface area contributed by atoms with Crippen molar-refractivity contribution in [3.05, 3.63) is 29.1 Å². The summed E-state index contributed by atoms with van der Waals surface area (Å²) in [6.07, 6.45) is 10.7. The highest BCUT2D eigenvalue weighted by Crippen LogP contribution is 2.05. The van der Waals surface area contributed by atoms with Gasteiger partial charge in [-0.3, -0.25) is 4.79 Å². The summed E-state index contributed by atoms with van der Waals surface area (Å²) in [6.45, 7) is 5.21. The van der Waals surface area contributed by atoms with E-state index in [1.807, 2.05) is 6.92 Å². The van der Waals surface area contributed by atoms with Crippen LogP contribution in [0.3, 0.4) is 0 Å². The zero-order chi connectivity index (χ0) is 19.9. The minimum absolute atomic E-state index is 0.188. The first kappa shape index (κ1) is 22.6. The summed E-state index contributed by atoms with van der Waals surface area (Å²) in [5, 5.41) is 2.83. The summed E-state index contributed by atoms with van der Waals surface area (Å²) in [5.74, 6) is 4.48. The molecule has 146 valence electrons. The summed E-state index contributed by atoms with van der Waals surface area (Å²) >= 11 is 0. The zero-order valence-electron chi connectivity index (χ0n) is 15.8. The van der Waals surface area contributed by atoms with Crippen LogP contribution in [0.5, 0.6) is 0 Å². The lowest BCUT2D eigenvalue weighted by Crippen LogP contribution is -2.36. The van der Waals surface area contributed by atoms with Gasteiger partial charge in [0.25, 0.3) is 5.91 Å². The third-order valence-electron chi connectivity index (χ3n) is 3.30. The van der Waals surface area contributed by atoms with E-state index in [9.17, 15) is 4.79 Å². The second kappa shape index (κ2) is 13.7. The molecule has 0 bridgehead atoms. The molecule has 0 fully saturated rings. The van der Waals surface area contributed by atoms with Crippen molar-refractivity contribution in [1.29, 1.82) is 0 Å². The zero-order valence-corrected chi connectivity index (χ0v) is 15.8. The third-order valence-corrected chi connectivity index (χ3v) is 3.30. The van der Waals surface area contributed by atoms with Gasteiger partial charge in [0.2, 0.25) is 0 Å². The number of hydrogen-bond acceptors (Lipinski definition) is 6. The molecule has 7 heteroatoms. The molecule has 1 aromatic rings. The molecule has 1 rings (SSSR count). The fraction of sp³-hybridized carbons (Fsp3) is 0.500. The van der Waals surface area contributed by atoms with Crippen LogP contribution in [0.1, 0.15) is 28.7 Å². The van der Waals surface area contributed by atoms with Crippen LogP contribution in [0.4, 0.5) is 0 Å². The van der Waals surface area contributed by atoms with Gasteiger partial charge in [-0.1, -0.05) is 11.8 Å². The summed E-state index contributed by atoms with van der Waals surface area (Å²) in [5.41, 5.74) is 1.01. The van der Waals surface area contributed by atoms with Gasteiger partial charge in [0.15, 0.2) is 0 Å². The smallest absolute Gasteiger partial charge is 0.251 e. The Morgan fingerprint density at radius 1 is 1.04 bits per heavy atom. The summed E-state index contributed by atoms with van der Waals surface area (Å²) < 4.78 is 21.0. The Morgan fingerprint density at radius 3 is 2.07 bits per heavy atom. The maximum absolute atomic E-state index is 12.3. The molecule has 1 heterocycles. The van der Waals surface area contributed by atoms with E-state index < -0.39 is 0 Å². The topological polar surface area (TPSA) is 78.9 Å². The number of terminal acetylenes is 2. The fourth-order valence-corrected chi connectivity index (χ4v) is 2.00. The number of carbonyl (C=O) groups is 1. The second-order valence-electron chi connectivity index (χ2n) is 5.58. The Kier molecular flexibility index (Phi) is 11.5. The Hall–Kier alpha value is -2.42. The molecule has 0 aromatic carbocycles. The number of pyridine rings is 1. The van der Waals surface area contributed by atoms with E-state index in [4.69, 9.17) is 31.8 Å². The van der Waals surface area contributed by atoms with E-state index >= 15 is 0 Å². The molecule has 0 unspecified atom stereocenters. The average Bonchev–Trinajstić information content (AvgIpc) is 2.68. The number of amides is 1. The molecule has 0 aliphatic carbocycles. The first-order valence-electron chi connectivity index (χ1n) is 8.59. The van der Waals surface area contributed by atoms with Gasteiger partial charge in [0.1, 0.15) is 11.4 Å². The average molecular weight is 374 g/mol. The van der Waals surface area contributed by atoms with E-state index in [-0.39, 0.29) is 11.9 Å². The predicted octanol–water partition coefficient (Wildman–Crippen LogP) is 0.859. The van der Waals surface area contributed by atoms with Gasteiger partial charge in [-0.2, -0.15) is 0 Å². The van der Waals surface area contributed by atoms with E-state index in [2.05, 4.69) is 22.1 Å². The van der Waals surface area contributed by atoms with E-state index in [0.717, 1.165) is 0 Å². The van der Waals surface area contributed by atoms with E-state index in [1.165, 1.54) is 12.1 Å². The number of methoxy groups -OCH3 is 1. The van der Waals surface area contributed by atoms with Crippen molar-refractivity contribution in [3.63, 3.8) is 0 Å². The summed E-state index contributed by atoms with van der Waals surface area (Å²) in [4.78, 5) is 16.3. The molecule has 0 radical (unpaired) electrons. The maximum atomic E-state index is 12.3. The molecule has 0 saturated carbocycles. The maximum Gasteiger partial charge on any atom is 0.251 e. The second-order valence-corrected chi connectivity index (χ2v) is 5.58. The van der Waals surface area contributed by atoms with Crippen molar-refractivity contribution >= 4 is 5.91 Å². The Morgan fingerprint density at radius 2 is 1.56 bits per heavy atom. The van der Waals surface area contributed by atoms with Crippen LogP contribution in [-0.2, 0) is 18.9 Å². The largest absolute Gasteiger partial charge is 0.382 e. The standard InChI is InChI=1S/C20H26N2O5/c1-5-18-13-17(14-19(6-2)22-18)20(23)21-16(3)15-27-12-11-26-10-9-25-8-7-24-4/h1-2,13-14,16H,7-12,15H2,3-4H3,(H,21,23)/t16-/m0/s1. The van der Waals surface area contributed by atoms with Gasteiger partial charge >= 0.3 is 0 Å². The number of aromatic nitrogens is 1. The molecule has 7 nitrogen and oxygen atoms in total. The molecule has 0 aliphatic heterocycles. The molecular weight excluding hydrogens is 348 g/mol. The van der Waals surface area contributed by atoms with Crippen LogP contribution < -0.4 is 5.32 Å². The van der Waals surface area contributed by atoms with Crippen molar-refractivity contribution in [2.24, 2.45) is 0 Å². The minimum Gasteiger partial charge on any atom is -0.382 e. The number of hydrogen-bond donors (Lipinski definition) is 1. The van der Waals surface area contributed by atoms with Crippen LogP contribution >= 0.6 is 0 Å². The number of nitrogens with zero attached hydrogens (tertiary/aromatic N) is 1. The van der Waals surface area contributed by atoms with Gasteiger partial charge in [-0.25, -0.2) is 4.98 Å². The Bertz CT molecular complexity index is 631. The fourth-order valence-electron chi connectivity index (χ4n) is 2.00. The van der Waals surface area contributed by atoms with Crippen LogP contribution in [0, 0.1) is 24.7 Å². The minimum atomic E-state index is -0.286. The van der Waals surface area contributed by atoms with Crippen molar-refractivity contribution in [1.82, 2.24) is 10.3 Å². The molecule has 1 aromatic heterocycles. The first-order chi connectivity index (χ1) is 13.1. The van der Waals surface area contributed by atoms with Gasteiger partial charge in [-0.15, -0.1) is 12.8 Å². The van der Waals surface area contributed by atoms with Crippen LogP contribution in [0.2, 0.25) is 0 Å². The lowest BCUT2D eigenvalue weighted by molar-refractivity contribution is 0.00150. The molecule has 0 saturated heterocycles. The Balaban J connectivity index is 2.22. The summed E-state index contributed by atoms with van der Waals surface area (Å²) in [6, 6.07) is 2.85. The molecule has 27 heavy (non-hydrogen) atoms. The van der Waals surface area contributed by atoms with Crippen molar-refractivity contribution in [3.8, 4) is 24.7 Å². The van der Waals surface area contributed by atoms with Gasteiger partial charge in [0.05, 0.1) is 46.2 Å². The predicted molar refractivity (Wildman–Crippen MR) is 101 cm³/mol. The van der Waals surface area contributed by atoms with Gasteiger partial charge in [-0.05, 0) is 19.1 Å². The van der Waals surface area contributed by atoms with Crippen LogP contribution in [-0.4, -0.2) is 70.3 Å². The highest BCUT2D eigenvalue weighted by Gasteiger charge is 2.12. The molecule has 0 aliphatic rings. The highest BCUT2D eigenvalue weighted by atomic mass is 16.6. The monoisotopic (exact) mass is 374 g/mol. The quantitative estimate of drug-likeness (QED) is 0.408. The van der Waals surface area contributed by atoms with Crippen molar-refractivity contribution in [2.75, 3.05) is 53.4 Å². The molecular formula is C20H26N2O5. The molecule has 1 N–H and O–H groups in total. The van der Waals surface area contributed by atoms with Crippen LogP contribution in [0.25, 0.3) is 0 Å². The molecule has 1 atom stereocenters. The van der Waals surface area contributed by atoms with E-state index in [0.29, 0.717) is 63.2 Å². The van der Waals surface area contributed by atoms with Crippen LogP contribution in [0.15, 0.2) is 12.1 Å². The summed E-state index contributed by atoms with van der Waals surface area (Å²) in [7, 11) is 1.63. The van der Waals surface area contributed by atoms with Crippen molar-refractivity contribution in [2.45, 2.75) is 13.0 Å². The normalized spacial score (nSPS) is 11.4. The highest BCUT2D eigenvalue weighted by molar-refractivity contribution is 5.94. The number of carbonyl (C=O) groups excluding carboxylic acids is 1. The third kappa shape index (κ3) is 9.74. The Labute approximate surface area is 160 Å². The number of rotatable bonds is 13. The van der Waals surface area contributed by atoms with Crippen molar-refractivity contribution < 1.29 is 23.7 Å².